The van der Waals surface area contributed by atoms with Gasteiger partial charge in [0.1, 0.15) is 6.10 Å². The third-order valence-corrected chi connectivity index (χ3v) is 5.60. The predicted octanol–water partition coefficient (Wildman–Crippen LogP) is 3.23. The van der Waals surface area contributed by atoms with Crippen LogP contribution in [0, 0.1) is 0 Å². The number of amides is 1. The zero-order chi connectivity index (χ0) is 20.4. The van der Waals surface area contributed by atoms with Gasteiger partial charge < -0.3 is 19.8 Å². The third kappa shape index (κ3) is 4.57. The van der Waals surface area contributed by atoms with E-state index in [0.29, 0.717) is 12.8 Å². The minimum Gasteiger partial charge on any atom is -0.446 e. The fourth-order valence-corrected chi connectivity index (χ4v) is 3.36. The highest BCUT2D eigenvalue weighted by atomic mass is 16.7. The number of carbonyl (C=O) groups is 1. The van der Waals surface area contributed by atoms with Gasteiger partial charge in [-0.25, -0.2) is 4.79 Å². The van der Waals surface area contributed by atoms with Crippen LogP contribution in [0.3, 0.4) is 0 Å². The molecule has 1 fully saturated rings. The number of rotatable bonds is 6. The van der Waals surface area contributed by atoms with Crippen molar-refractivity contribution in [1.82, 2.24) is 0 Å². The molecule has 0 bridgehead atoms. The first-order valence-corrected chi connectivity index (χ1v) is 9.61. The molecule has 0 aromatic heterocycles. The second-order valence-electron chi connectivity index (χ2n) is 8.24. The number of hydrogen-bond donors (Lipinski definition) is 1. The average Bonchev–Trinajstić information content (AvgIpc) is 2.83. The van der Waals surface area contributed by atoms with Crippen molar-refractivity contribution < 1.29 is 18.8 Å². The van der Waals surface area contributed by atoms with Crippen molar-refractivity contribution in [2.75, 3.05) is 0 Å². The Morgan fingerprint density at radius 2 is 1.54 bits per heavy atom. The molecule has 1 amide bonds. The van der Waals surface area contributed by atoms with Crippen molar-refractivity contribution in [2.24, 2.45) is 5.73 Å². The van der Waals surface area contributed by atoms with Crippen LogP contribution in [0.5, 0.6) is 0 Å². The van der Waals surface area contributed by atoms with E-state index in [1.807, 2.05) is 82.3 Å². The zero-order valence-corrected chi connectivity index (χ0v) is 17.0. The molecule has 1 aliphatic heterocycles. The lowest BCUT2D eigenvalue weighted by atomic mass is 9.74. The standard InChI is InChI=1S/C22H28BNO4/c1-21(2)22(3,4)28-23(27-21)19-13-9-8-12-17(19)15-18(26-20(24)25)14-16-10-6-5-7-11-16/h5-13,18H,14-15H2,1-4H3,(H2,24,25). The maximum Gasteiger partial charge on any atom is 0.495 e. The van der Waals surface area contributed by atoms with Gasteiger partial charge >= 0.3 is 13.2 Å². The lowest BCUT2D eigenvalue weighted by Crippen LogP contribution is -2.41. The summed E-state index contributed by atoms with van der Waals surface area (Å²) in [6.07, 6.45) is -0.0305. The fraction of sp³-hybridized carbons (Fsp3) is 0.409. The summed E-state index contributed by atoms with van der Waals surface area (Å²) >= 11 is 0. The topological polar surface area (TPSA) is 70.8 Å². The molecule has 148 valence electrons. The molecule has 1 unspecified atom stereocenters. The molecule has 1 aliphatic rings. The second-order valence-corrected chi connectivity index (χ2v) is 8.24. The van der Waals surface area contributed by atoms with Gasteiger partial charge in [-0.3, -0.25) is 0 Å². The van der Waals surface area contributed by atoms with Crippen LogP contribution in [0.15, 0.2) is 54.6 Å². The molecule has 3 rings (SSSR count). The molecule has 5 nitrogen and oxygen atoms in total. The monoisotopic (exact) mass is 381 g/mol. The van der Waals surface area contributed by atoms with Crippen LogP contribution < -0.4 is 11.2 Å². The maximum absolute atomic E-state index is 11.5. The molecule has 1 atom stereocenters. The van der Waals surface area contributed by atoms with Crippen LogP contribution in [-0.4, -0.2) is 30.5 Å². The lowest BCUT2D eigenvalue weighted by molar-refractivity contribution is 0.00578. The molecule has 6 heteroatoms. The normalized spacial score (nSPS) is 18.6. The fourth-order valence-electron chi connectivity index (χ4n) is 3.36. The Kier molecular flexibility index (Phi) is 5.82. The summed E-state index contributed by atoms with van der Waals surface area (Å²) in [6, 6.07) is 17.9. The van der Waals surface area contributed by atoms with Crippen LogP contribution >= 0.6 is 0 Å². The van der Waals surface area contributed by atoms with E-state index in [1.165, 1.54) is 0 Å². The summed E-state index contributed by atoms with van der Waals surface area (Å²) in [5.41, 5.74) is 7.54. The molecule has 0 aliphatic carbocycles. The molecule has 2 aromatic carbocycles. The Balaban J connectivity index is 1.83. The zero-order valence-electron chi connectivity index (χ0n) is 17.0. The van der Waals surface area contributed by atoms with Gasteiger partial charge in [0.2, 0.25) is 0 Å². The van der Waals surface area contributed by atoms with Gasteiger partial charge in [-0.1, -0.05) is 54.6 Å². The molecule has 28 heavy (non-hydrogen) atoms. The first kappa shape index (κ1) is 20.4. The smallest absolute Gasteiger partial charge is 0.446 e. The Morgan fingerprint density at radius 3 is 2.14 bits per heavy atom. The summed E-state index contributed by atoms with van der Waals surface area (Å²) in [5.74, 6) is 0. The van der Waals surface area contributed by atoms with Crippen molar-refractivity contribution >= 4 is 18.7 Å². The van der Waals surface area contributed by atoms with E-state index in [-0.39, 0.29) is 6.10 Å². The Bertz CT molecular complexity index is 806. The molecule has 2 aromatic rings. The van der Waals surface area contributed by atoms with E-state index in [1.54, 1.807) is 0 Å². The van der Waals surface area contributed by atoms with Gasteiger partial charge in [-0.05, 0) is 44.3 Å². The molecule has 1 heterocycles. The van der Waals surface area contributed by atoms with Gasteiger partial charge in [0.25, 0.3) is 0 Å². The second kappa shape index (κ2) is 7.98. The van der Waals surface area contributed by atoms with Crippen molar-refractivity contribution in [3.8, 4) is 0 Å². The number of benzene rings is 2. The highest BCUT2D eigenvalue weighted by Crippen LogP contribution is 2.36. The van der Waals surface area contributed by atoms with E-state index in [0.717, 1.165) is 16.6 Å². The quantitative estimate of drug-likeness (QED) is 0.780. The number of primary amides is 1. The minimum atomic E-state index is -0.769. The molecule has 0 spiro atoms. The van der Waals surface area contributed by atoms with Crippen LogP contribution in [0.25, 0.3) is 0 Å². The average molecular weight is 381 g/mol. The van der Waals surface area contributed by atoms with Crippen LogP contribution in [0.2, 0.25) is 0 Å². The van der Waals surface area contributed by atoms with Crippen LogP contribution in [-0.2, 0) is 26.9 Å². The first-order chi connectivity index (χ1) is 13.2. The van der Waals surface area contributed by atoms with Crippen molar-refractivity contribution in [1.29, 1.82) is 0 Å². The number of ether oxygens (including phenoxy) is 1. The van der Waals surface area contributed by atoms with E-state index < -0.39 is 24.4 Å². The largest absolute Gasteiger partial charge is 0.495 e. The predicted molar refractivity (Wildman–Crippen MR) is 110 cm³/mol. The molecular formula is C22H28BNO4. The van der Waals surface area contributed by atoms with E-state index in [2.05, 4.69) is 0 Å². The minimum absolute atomic E-state index is 0.372. The van der Waals surface area contributed by atoms with Crippen molar-refractivity contribution in [3.05, 3.63) is 65.7 Å². The molecule has 1 saturated heterocycles. The Morgan fingerprint density at radius 1 is 0.964 bits per heavy atom. The summed E-state index contributed by atoms with van der Waals surface area (Å²) < 4.78 is 17.8. The van der Waals surface area contributed by atoms with E-state index in [9.17, 15) is 4.79 Å². The third-order valence-electron chi connectivity index (χ3n) is 5.60. The molecule has 0 radical (unpaired) electrons. The van der Waals surface area contributed by atoms with Gasteiger partial charge in [-0.15, -0.1) is 0 Å². The van der Waals surface area contributed by atoms with Crippen LogP contribution in [0.4, 0.5) is 4.79 Å². The highest BCUT2D eigenvalue weighted by molar-refractivity contribution is 6.62. The Labute approximate surface area is 167 Å². The summed E-state index contributed by atoms with van der Waals surface area (Å²) in [7, 11) is -0.466. The lowest BCUT2D eigenvalue weighted by Gasteiger charge is -2.32. The van der Waals surface area contributed by atoms with Gasteiger partial charge in [0, 0.05) is 12.8 Å². The maximum atomic E-state index is 11.5. The highest BCUT2D eigenvalue weighted by Gasteiger charge is 2.52. The van der Waals surface area contributed by atoms with Gasteiger partial charge in [-0.2, -0.15) is 0 Å². The first-order valence-electron chi connectivity index (χ1n) is 9.61. The molecule has 0 saturated carbocycles. The van der Waals surface area contributed by atoms with Crippen molar-refractivity contribution in [2.45, 2.75) is 57.8 Å². The van der Waals surface area contributed by atoms with Gasteiger partial charge in [0.15, 0.2) is 0 Å². The van der Waals surface area contributed by atoms with Gasteiger partial charge in [0.05, 0.1) is 11.2 Å². The summed E-state index contributed by atoms with van der Waals surface area (Å²) in [4.78, 5) is 11.5. The van der Waals surface area contributed by atoms with Crippen molar-refractivity contribution in [3.63, 3.8) is 0 Å². The van der Waals surface area contributed by atoms with E-state index >= 15 is 0 Å². The SMILES string of the molecule is CC1(C)OB(c2ccccc2CC(Cc2ccccc2)OC(N)=O)OC1(C)C. The number of nitrogens with two attached hydrogens (primary N) is 1. The number of hydrogen-bond acceptors (Lipinski definition) is 4. The molecule has 2 N–H and O–H groups in total. The number of carbonyl (C=O) groups excluding carboxylic acids is 1. The summed E-state index contributed by atoms with van der Waals surface area (Å²) in [5, 5.41) is 0. The summed E-state index contributed by atoms with van der Waals surface area (Å²) in [6.45, 7) is 8.13. The van der Waals surface area contributed by atoms with E-state index in [4.69, 9.17) is 19.8 Å². The Hall–Kier alpha value is -2.31. The molecular weight excluding hydrogens is 353 g/mol. The van der Waals surface area contributed by atoms with Crippen LogP contribution in [0.1, 0.15) is 38.8 Å².